The summed E-state index contributed by atoms with van der Waals surface area (Å²) < 4.78 is 19.3. The van der Waals surface area contributed by atoms with E-state index >= 15 is 0 Å². The summed E-state index contributed by atoms with van der Waals surface area (Å²) in [6.07, 6.45) is 3.33. The Labute approximate surface area is 155 Å². The SMILES string of the molecule is O=C(COc1ccc(Cl)c2cccnc12)N1CCCc2ccc(F)cc21. The maximum absolute atomic E-state index is 13.6. The third-order valence-electron chi connectivity index (χ3n) is 4.50. The zero-order chi connectivity index (χ0) is 18.1. The van der Waals surface area contributed by atoms with Crippen LogP contribution >= 0.6 is 11.6 Å². The Balaban J connectivity index is 1.56. The van der Waals surface area contributed by atoms with Crippen LogP contribution in [0.25, 0.3) is 10.9 Å². The number of hydrogen-bond acceptors (Lipinski definition) is 3. The number of aryl methyl sites for hydroxylation is 1. The highest BCUT2D eigenvalue weighted by Gasteiger charge is 2.23. The zero-order valence-electron chi connectivity index (χ0n) is 13.9. The molecule has 0 fully saturated rings. The fraction of sp³-hybridized carbons (Fsp3) is 0.200. The van der Waals surface area contributed by atoms with Crippen molar-refractivity contribution in [3.05, 3.63) is 65.1 Å². The van der Waals surface area contributed by atoms with Crippen molar-refractivity contribution < 1.29 is 13.9 Å². The highest BCUT2D eigenvalue weighted by Crippen LogP contribution is 2.31. The summed E-state index contributed by atoms with van der Waals surface area (Å²) in [5.74, 6) is -0.0670. The Kier molecular flexibility index (Phi) is 4.47. The molecule has 1 aromatic heterocycles. The van der Waals surface area contributed by atoms with E-state index in [1.54, 1.807) is 35.4 Å². The first kappa shape index (κ1) is 16.8. The number of amides is 1. The average molecular weight is 371 g/mol. The number of ether oxygens (including phenoxy) is 1. The van der Waals surface area contributed by atoms with Crippen LogP contribution in [0.15, 0.2) is 48.7 Å². The molecule has 1 aliphatic heterocycles. The van der Waals surface area contributed by atoms with Crippen LogP contribution in [0.5, 0.6) is 5.75 Å². The van der Waals surface area contributed by atoms with Crippen molar-refractivity contribution in [3.8, 4) is 5.75 Å². The average Bonchev–Trinajstić information content (AvgIpc) is 2.67. The number of carbonyl (C=O) groups excluding carboxylic acids is 1. The van der Waals surface area contributed by atoms with E-state index in [0.717, 1.165) is 23.8 Å². The molecule has 3 aromatic rings. The Morgan fingerprint density at radius 1 is 1.27 bits per heavy atom. The molecule has 0 saturated heterocycles. The molecule has 0 saturated carbocycles. The normalized spacial score (nSPS) is 13.5. The van der Waals surface area contributed by atoms with E-state index in [9.17, 15) is 9.18 Å². The fourth-order valence-corrected chi connectivity index (χ4v) is 3.47. The molecule has 0 atom stereocenters. The number of hydrogen-bond donors (Lipinski definition) is 0. The van der Waals surface area contributed by atoms with Crippen LogP contribution in [0.3, 0.4) is 0 Å². The van der Waals surface area contributed by atoms with Crippen molar-refractivity contribution in [2.75, 3.05) is 18.1 Å². The molecule has 0 aliphatic carbocycles. The van der Waals surface area contributed by atoms with Crippen LogP contribution in [0.1, 0.15) is 12.0 Å². The smallest absolute Gasteiger partial charge is 0.264 e. The topological polar surface area (TPSA) is 42.4 Å². The lowest BCUT2D eigenvalue weighted by Gasteiger charge is -2.29. The minimum atomic E-state index is -0.350. The van der Waals surface area contributed by atoms with Gasteiger partial charge in [-0.2, -0.15) is 0 Å². The molecule has 1 aliphatic rings. The van der Waals surface area contributed by atoms with E-state index in [-0.39, 0.29) is 18.3 Å². The number of aromatic nitrogens is 1. The Morgan fingerprint density at radius 2 is 2.15 bits per heavy atom. The molecule has 0 radical (unpaired) electrons. The summed E-state index contributed by atoms with van der Waals surface area (Å²) >= 11 is 6.18. The van der Waals surface area contributed by atoms with Crippen LogP contribution in [-0.4, -0.2) is 24.0 Å². The number of nitrogens with zero attached hydrogens (tertiary/aromatic N) is 2. The number of pyridine rings is 1. The summed E-state index contributed by atoms with van der Waals surface area (Å²) in [7, 11) is 0. The van der Waals surface area contributed by atoms with Crippen molar-refractivity contribution in [2.24, 2.45) is 0 Å². The molecule has 4 nitrogen and oxygen atoms in total. The first-order chi connectivity index (χ1) is 12.6. The van der Waals surface area contributed by atoms with Gasteiger partial charge in [0.15, 0.2) is 6.61 Å². The van der Waals surface area contributed by atoms with Crippen LogP contribution < -0.4 is 9.64 Å². The summed E-state index contributed by atoms with van der Waals surface area (Å²) in [5.41, 5.74) is 2.21. The van der Waals surface area contributed by atoms with E-state index in [4.69, 9.17) is 16.3 Å². The third-order valence-corrected chi connectivity index (χ3v) is 4.83. The lowest BCUT2D eigenvalue weighted by atomic mass is 10.0. The summed E-state index contributed by atoms with van der Waals surface area (Å²) in [6, 6.07) is 11.6. The van der Waals surface area contributed by atoms with Crippen LogP contribution in [0.4, 0.5) is 10.1 Å². The lowest BCUT2D eigenvalue weighted by molar-refractivity contribution is -0.120. The molecule has 2 aromatic carbocycles. The molecular formula is C20H16ClFN2O2. The van der Waals surface area contributed by atoms with Crippen LogP contribution in [-0.2, 0) is 11.2 Å². The molecule has 132 valence electrons. The monoisotopic (exact) mass is 370 g/mol. The minimum Gasteiger partial charge on any atom is -0.481 e. The number of fused-ring (bicyclic) bond motifs is 2. The Morgan fingerprint density at radius 3 is 3.04 bits per heavy atom. The molecule has 4 rings (SSSR count). The number of rotatable bonds is 3. The van der Waals surface area contributed by atoms with Crippen molar-refractivity contribution in [2.45, 2.75) is 12.8 Å². The number of halogens is 2. The summed E-state index contributed by atoms with van der Waals surface area (Å²) in [5, 5.41) is 1.34. The molecule has 0 unspecified atom stereocenters. The first-order valence-corrected chi connectivity index (χ1v) is 8.76. The number of carbonyl (C=O) groups is 1. The standard InChI is InChI=1S/C20H16ClFN2O2/c21-16-7-8-18(20-15(16)4-1-9-23-20)26-12-19(25)24-10-2-3-13-5-6-14(22)11-17(13)24/h1,4-9,11H,2-3,10,12H2. The molecule has 6 heteroatoms. The van der Waals surface area contributed by atoms with E-state index in [0.29, 0.717) is 28.5 Å². The summed E-state index contributed by atoms with van der Waals surface area (Å²) in [4.78, 5) is 18.6. The lowest BCUT2D eigenvalue weighted by Crippen LogP contribution is -2.38. The molecular weight excluding hydrogens is 355 g/mol. The van der Waals surface area contributed by atoms with Gasteiger partial charge in [-0.15, -0.1) is 0 Å². The predicted octanol–water partition coefficient (Wildman–Crippen LogP) is 4.39. The van der Waals surface area contributed by atoms with E-state index in [2.05, 4.69) is 4.98 Å². The van der Waals surface area contributed by atoms with Gasteiger partial charge >= 0.3 is 0 Å². The van der Waals surface area contributed by atoms with Crippen molar-refractivity contribution in [1.82, 2.24) is 4.98 Å². The van der Waals surface area contributed by atoms with E-state index < -0.39 is 0 Å². The molecule has 0 spiro atoms. The van der Waals surface area contributed by atoms with Crippen LogP contribution in [0, 0.1) is 5.82 Å². The van der Waals surface area contributed by atoms with E-state index in [1.165, 1.54) is 12.1 Å². The fourth-order valence-electron chi connectivity index (χ4n) is 3.25. The van der Waals surface area contributed by atoms with Gasteiger partial charge in [-0.05, 0) is 54.8 Å². The highest BCUT2D eigenvalue weighted by atomic mass is 35.5. The second-order valence-electron chi connectivity index (χ2n) is 6.16. The predicted molar refractivity (Wildman–Crippen MR) is 99.3 cm³/mol. The quantitative estimate of drug-likeness (QED) is 0.687. The zero-order valence-corrected chi connectivity index (χ0v) is 14.7. The van der Waals surface area contributed by atoms with Crippen molar-refractivity contribution in [3.63, 3.8) is 0 Å². The van der Waals surface area contributed by atoms with Gasteiger partial charge in [-0.3, -0.25) is 9.78 Å². The Bertz CT molecular complexity index is 993. The number of anilines is 1. The molecule has 1 amide bonds. The third kappa shape index (κ3) is 3.10. The largest absolute Gasteiger partial charge is 0.481 e. The second kappa shape index (κ2) is 6.92. The van der Waals surface area contributed by atoms with Gasteiger partial charge in [0.25, 0.3) is 5.91 Å². The van der Waals surface area contributed by atoms with Gasteiger partial charge in [0.1, 0.15) is 17.1 Å². The van der Waals surface area contributed by atoms with Crippen molar-refractivity contribution >= 4 is 34.1 Å². The van der Waals surface area contributed by atoms with Gasteiger partial charge in [0, 0.05) is 23.8 Å². The minimum absolute atomic E-state index is 0.150. The van der Waals surface area contributed by atoms with Gasteiger partial charge in [0.05, 0.1) is 5.02 Å². The van der Waals surface area contributed by atoms with Gasteiger partial charge in [0.2, 0.25) is 0 Å². The maximum atomic E-state index is 13.6. The first-order valence-electron chi connectivity index (χ1n) is 8.38. The molecule has 2 heterocycles. The molecule has 0 bridgehead atoms. The van der Waals surface area contributed by atoms with E-state index in [1.807, 2.05) is 6.07 Å². The Hall–Kier alpha value is -2.66. The highest BCUT2D eigenvalue weighted by molar-refractivity contribution is 6.35. The molecule has 26 heavy (non-hydrogen) atoms. The summed E-state index contributed by atoms with van der Waals surface area (Å²) in [6.45, 7) is 0.404. The maximum Gasteiger partial charge on any atom is 0.264 e. The number of benzene rings is 2. The van der Waals surface area contributed by atoms with Gasteiger partial charge in [-0.1, -0.05) is 17.7 Å². The second-order valence-corrected chi connectivity index (χ2v) is 6.56. The molecule has 0 N–H and O–H groups in total. The van der Waals surface area contributed by atoms with Gasteiger partial charge < -0.3 is 9.64 Å². The van der Waals surface area contributed by atoms with Crippen molar-refractivity contribution in [1.29, 1.82) is 0 Å². The van der Waals surface area contributed by atoms with Crippen LogP contribution in [0.2, 0.25) is 5.02 Å². The van der Waals surface area contributed by atoms with Gasteiger partial charge in [-0.25, -0.2) is 4.39 Å².